The predicted octanol–water partition coefficient (Wildman–Crippen LogP) is 1.79. The first-order valence-corrected chi connectivity index (χ1v) is 7.64. The molecule has 0 heterocycles. The fourth-order valence-corrected chi connectivity index (χ4v) is 1.80. The molecule has 0 aliphatic heterocycles. The molecule has 4 N–H and O–H groups in total. The molecule has 2 aromatic carbocycles. The molecule has 0 atom stereocenters. The van der Waals surface area contributed by atoms with E-state index in [1.807, 2.05) is 48.5 Å². The van der Waals surface area contributed by atoms with Crippen molar-refractivity contribution in [1.82, 2.24) is 0 Å². The number of rotatable bonds is 6. The van der Waals surface area contributed by atoms with E-state index in [1.54, 1.807) is 26.6 Å². The lowest BCUT2D eigenvalue weighted by atomic mass is 10.2. The van der Waals surface area contributed by atoms with Crippen molar-refractivity contribution in [1.29, 1.82) is 0 Å². The van der Waals surface area contributed by atoms with Crippen molar-refractivity contribution < 1.29 is 9.47 Å². The maximum atomic E-state index is 5.71. The van der Waals surface area contributed by atoms with Gasteiger partial charge >= 0.3 is 0 Å². The molecule has 2 rings (SSSR count). The topological polar surface area (TPSA) is 120 Å². The van der Waals surface area contributed by atoms with Crippen LogP contribution in [0.3, 0.4) is 0 Å². The number of methoxy groups -OCH3 is 2. The van der Waals surface area contributed by atoms with Crippen LogP contribution in [-0.4, -0.2) is 38.3 Å². The number of nitrogens with zero attached hydrogens (tertiary/aromatic N) is 4. The Morgan fingerprint density at radius 2 is 1.04 bits per heavy atom. The van der Waals surface area contributed by atoms with Gasteiger partial charge in [0.05, 0.1) is 26.6 Å². The van der Waals surface area contributed by atoms with E-state index in [2.05, 4.69) is 20.4 Å². The van der Waals surface area contributed by atoms with Gasteiger partial charge in [-0.05, 0) is 59.7 Å². The lowest BCUT2D eigenvalue weighted by Crippen LogP contribution is -2.30. The van der Waals surface area contributed by atoms with Crippen LogP contribution in [0.1, 0.15) is 11.1 Å². The first-order valence-electron chi connectivity index (χ1n) is 7.64. The molecule has 26 heavy (non-hydrogen) atoms. The van der Waals surface area contributed by atoms with Crippen LogP contribution >= 0.6 is 0 Å². The van der Waals surface area contributed by atoms with Crippen LogP contribution < -0.4 is 20.9 Å². The van der Waals surface area contributed by atoms with Gasteiger partial charge < -0.3 is 20.9 Å². The molecule has 0 bridgehead atoms. The molecule has 0 unspecified atom stereocenters. The highest BCUT2D eigenvalue weighted by atomic mass is 16.5. The van der Waals surface area contributed by atoms with Crippen LogP contribution in [0, 0.1) is 0 Å². The summed E-state index contributed by atoms with van der Waals surface area (Å²) < 4.78 is 10.2. The van der Waals surface area contributed by atoms with Crippen molar-refractivity contribution in [3.63, 3.8) is 0 Å². The van der Waals surface area contributed by atoms with Gasteiger partial charge in [0.1, 0.15) is 11.5 Å². The minimum Gasteiger partial charge on any atom is -0.497 e. The fraction of sp³-hybridized carbons (Fsp3) is 0.111. The van der Waals surface area contributed by atoms with Crippen molar-refractivity contribution in [2.24, 2.45) is 31.9 Å². The van der Waals surface area contributed by atoms with E-state index in [4.69, 9.17) is 20.9 Å². The average Bonchev–Trinajstić information content (AvgIpc) is 2.68. The van der Waals surface area contributed by atoms with Gasteiger partial charge in [-0.25, -0.2) is 0 Å². The molecular formula is C18H20N6O2. The molecule has 0 amide bonds. The summed E-state index contributed by atoms with van der Waals surface area (Å²) in [6.45, 7) is 0. The van der Waals surface area contributed by atoms with Crippen molar-refractivity contribution in [2.75, 3.05) is 14.2 Å². The van der Waals surface area contributed by atoms with Gasteiger partial charge in [-0.3, -0.25) is 0 Å². The van der Waals surface area contributed by atoms with Crippen LogP contribution in [-0.2, 0) is 0 Å². The molecule has 0 aliphatic rings. The highest BCUT2D eigenvalue weighted by Crippen LogP contribution is 2.10. The van der Waals surface area contributed by atoms with Gasteiger partial charge in [-0.15, -0.1) is 10.2 Å². The number of hydrogen-bond donors (Lipinski definition) is 2. The largest absolute Gasteiger partial charge is 0.497 e. The highest BCUT2D eigenvalue weighted by Gasteiger charge is 1.98. The minimum atomic E-state index is -0.0263. The summed E-state index contributed by atoms with van der Waals surface area (Å²) in [6.07, 6.45) is 3.08. The molecule has 8 nitrogen and oxygen atoms in total. The smallest absolute Gasteiger partial charge is 0.190 e. The van der Waals surface area contributed by atoms with Gasteiger partial charge in [0.2, 0.25) is 0 Å². The molecule has 0 aliphatic carbocycles. The van der Waals surface area contributed by atoms with E-state index in [0.717, 1.165) is 22.6 Å². The quantitative estimate of drug-likeness (QED) is 0.468. The molecule has 2 aromatic rings. The van der Waals surface area contributed by atoms with Crippen molar-refractivity contribution in [2.45, 2.75) is 0 Å². The SMILES string of the molecule is COc1ccc(C=NN=C(N)C(N)=NN=Cc2ccc(OC)cc2)cc1. The van der Waals surface area contributed by atoms with Crippen molar-refractivity contribution in [3.8, 4) is 11.5 Å². The zero-order valence-corrected chi connectivity index (χ0v) is 14.5. The Labute approximate surface area is 151 Å². The Balaban J connectivity index is 1.96. The van der Waals surface area contributed by atoms with Crippen LogP contribution in [0.15, 0.2) is 68.9 Å². The molecule has 8 heteroatoms. The van der Waals surface area contributed by atoms with Crippen LogP contribution in [0.25, 0.3) is 0 Å². The fourth-order valence-electron chi connectivity index (χ4n) is 1.80. The van der Waals surface area contributed by atoms with E-state index in [1.165, 1.54) is 0 Å². The van der Waals surface area contributed by atoms with Crippen molar-refractivity contribution >= 4 is 24.1 Å². The second-order valence-corrected chi connectivity index (χ2v) is 5.01. The summed E-state index contributed by atoms with van der Waals surface area (Å²) >= 11 is 0. The highest BCUT2D eigenvalue weighted by molar-refractivity contribution is 6.39. The standard InChI is InChI=1S/C18H20N6O2/c1-25-15-7-3-13(4-8-15)11-21-23-17(19)18(20)24-22-12-14-5-9-16(26-2)10-6-14/h3-12H,1-2H3,(H2,19,23)(H2,20,24). The maximum absolute atomic E-state index is 5.71. The predicted molar refractivity (Wildman–Crippen MR) is 104 cm³/mol. The monoisotopic (exact) mass is 352 g/mol. The Hall–Kier alpha value is -3.68. The molecule has 0 aromatic heterocycles. The summed E-state index contributed by atoms with van der Waals surface area (Å²) in [5.41, 5.74) is 13.1. The molecule has 0 fully saturated rings. The molecular weight excluding hydrogens is 332 g/mol. The lowest BCUT2D eigenvalue weighted by molar-refractivity contribution is 0.414. The van der Waals surface area contributed by atoms with Crippen LogP contribution in [0.2, 0.25) is 0 Å². The van der Waals surface area contributed by atoms with E-state index in [0.29, 0.717) is 0 Å². The zero-order chi connectivity index (χ0) is 18.8. The van der Waals surface area contributed by atoms with Gasteiger partial charge in [0, 0.05) is 0 Å². The van der Waals surface area contributed by atoms with E-state index in [9.17, 15) is 0 Å². The third-order valence-corrected chi connectivity index (χ3v) is 3.24. The number of ether oxygens (including phenoxy) is 2. The number of nitrogens with two attached hydrogens (primary N) is 2. The molecule has 0 radical (unpaired) electrons. The second-order valence-electron chi connectivity index (χ2n) is 5.01. The van der Waals surface area contributed by atoms with Gasteiger partial charge in [0.25, 0.3) is 0 Å². The molecule has 134 valence electrons. The Bertz CT molecular complexity index is 752. The number of amidine groups is 2. The Kier molecular flexibility index (Phi) is 6.87. The molecule has 0 saturated carbocycles. The maximum Gasteiger partial charge on any atom is 0.190 e. The number of hydrogen-bond acceptors (Lipinski definition) is 6. The lowest BCUT2D eigenvalue weighted by Gasteiger charge is -1.98. The number of benzene rings is 2. The van der Waals surface area contributed by atoms with E-state index < -0.39 is 0 Å². The summed E-state index contributed by atoms with van der Waals surface area (Å²) in [7, 11) is 3.21. The third-order valence-electron chi connectivity index (χ3n) is 3.24. The average molecular weight is 352 g/mol. The summed E-state index contributed by atoms with van der Waals surface area (Å²) in [6, 6.07) is 14.6. The first-order chi connectivity index (χ1) is 12.6. The van der Waals surface area contributed by atoms with Crippen LogP contribution in [0.4, 0.5) is 0 Å². The van der Waals surface area contributed by atoms with Gasteiger partial charge in [0.15, 0.2) is 11.7 Å². The minimum absolute atomic E-state index is 0.0263. The Morgan fingerprint density at radius 1 is 0.692 bits per heavy atom. The van der Waals surface area contributed by atoms with E-state index in [-0.39, 0.29) is 11.7 Å². The van der Waals surface area contributed by atoms with Crippen molar-refractivity contribution in [3.05, 3.63) is 59.7 Å². The first kappa shape index (κ1) is 18.7. The third kappa shape index (κ3) is 5.75. The molecule has 0 saturated heterocycles. The van der Waals surface area contributed by atoms with E-state index >= 15 is 0 Å². The van der Waals surface area contributed by atoms with Gasteiger partial charge in [-0.2, -0.15) is 10.2 Å². The Morgan fingerprint density at radius 3 is 1.35 bits per heavy atom. The van der Waals surface area contributed by atoms with Gasteiger partial charge in [-0.1, -0.05) is 0 Å². The zero-order valence-electron chi connectivity index (χ0n) is 14.5. The second kappa shape index (κ2) is 9.58. The summed E-state index contributed by atoms with van der Waals surface area (Å²) in [5, 5.41) is 15.3. The molecule has 0 spiro atoms. The van der Waals surface area contributed by atoms with Crippen LogP contribution in [0.5, 0.6) is 11.5 Å². The normalized spacial score (nSPS) is 12.7. The summed E-state index contributed by atoms with van der Waals surface area (Å²) in [4.78, 5) is 0. The summed E-state index contributed by atoms with van der Waals surface area (Å²) in [5.74, 6) is 1.47.